The summed E-state index contributed by atoms with van der Waals surface area (Å²) < 4.78 is 22.6. The molecule has 12 atom stereocenters. The van der Waals surface area contributed by atoms with Crippen molar-refractivity contribution in [3.8, 4) is 0 Å². The van der Waals surface area contributed by atoms with Crippen molar-refractivity contribution < 1.29 is 64.6 Å². The predicted octanol–water partition coefficient (Wildman–Crippen LogP) is 4.54. The van der Waals surface area contributed by atoms with Crippen LogP contribution in [0.2, 0.25) is 0 Å². The Kier molecular flexibility index (Phi) is 30.2. The topological polar surface area (TPSA) is 228 Å². The van der Waals surface area contributed by atoms with Gasteiger partial charge < -0.3 is 65.1 Å². The van der Waals surface area contributed by atoms with Crippen molar-refractivity contribution in [3.63, 3.8) is 0 Å². The monoisotopic (exact) mass is 856 g/mol. The second-order valence-corrected chi connectivity index (χ2v) is 16.2. The van der Waals surface area contributed by atoms with Crippen LogP contribution in [0.15, 0.2) is 48.6 Å². The highest BCUT2D eigenvalue weighted by atomic mass is 16.7. The van der Waals surface area contributed by atoms with Gasteiger partial charge in [-0.25, -0.2) is 0 Å². The van der Waals surface area contributed by atoms with Crippen LogP contribution in [0, 0.1) is 0 Å². The normalized spacial score (nSPS) is 28.7. The van der Waals surface area contributed by atoms with E-state index in [1.54, 1.807) is 6.08 Å². The van der Waals surface area contributed by atoms with Gasteiger partial charge in [0, 0.05) is 6.42 Å². The molecule has 0 aromatic heterocycles. The van der Waals surface area contributed by atoms with Crippen LogP contribution in [0.5, 0.6) is 0 Å². The minimum absolute atomic E-state index is 0.263. The lowest BCUT2D eigenvalue weighted by molar-refractivity contribution is -0.359. The molecule has 0 aromatic rings. The maximum absolute atomic E-state index is 13.1. The van der Waals surface area contributed by atoms with Crippen molar-refractivity contribution in [1.82, 2.24) is 5.32 Å². The number of amides is 1. The van der Waals surface area contributed by atoms with Crippen LogP contribution in [0.25, 0.3) is 0 Å². The summed E-state index contributed by atoms with van der Waals surface area (Å²) in [6.07, 6.45) is 20.5. The van der Waals surface area contributed by atoms with Gasteiger partial charge in [-0.3, -0.25) is 4.79 Å². The molecule has 2 rings (SSSR count). The molecule has 2 saturated heterocycles. The molecule has 14 nitrogen and oxygen atoms in total. The van der Waals surface area contributed by atoms with Gasteiger partial charge in [0.2, 0.25) is 5.91 Å². The number of hydrogen-bond acceptors (Lipinski definition) is 13. The molecule has 0 saturated carbocycles. The zero-order valence-electron chi connectivity index (χ0n) is 36.4. The van der Waals surface area contributed by atoms with Crippen LogP contribution in [0.3, 0.4) is 0 Å². The quantitative estimate of drug-likeness (QED) is 0.0327. The van der Waals surface area contributed by atoms with Gasteiger partial charge in [-0.1, -0.05) is 120 Å². The Balaban J connectivity index is 1.87. The Morgan fingerprint density at radius 1 is 0.617 bits per heavy atom. The number of aliphatic hydroxyl groups excluding tert-OH is 8. The molecule has 2 aliphatic heterocycles. The van der Waals surface area contributed by atoms with E-state index in [9.17, 15) is 45.6 Å². The van der Waals surface area contributed by atoms with E-state index >= 15 is 0 Å². The lowest BCUT2D eigenvalue weighted by atomic mass is 9.97. The molecule has 348 valence electrons. The van der Waals surface area contributed by atoms with Gasteiger partial charge in [0.15, 0.2) is 12.6 Å². The first-order valence-electron chi connectivity index (χ1n) is 22.8. The molecular formula is C46H81NO13. The lowest BCUT2D eigenvalue weighted by Crippen LogP contribution is -2.65. The second-order valence-electron chi connectivity index (χ2n) is 16.2. The van der Waals surface area contributed by atoms with Crippen LogP contribution < -0.4 is 5.32 Å². The third kappa shape index (κ3) is 21.4. The highest BCUT2D eigenvalue weighted by Crippen LogP contribution is 2.30. The smallest absolute Gasteiger partial charge is 0.220 e. The number of aliphatic hydroxyl groups is 8. The van der Waals surface area contributed by atoms with Crippen molar-refractivity contribution in [2.24, 2.45) is 0 Å². The number of unbranched alkanes of at least 4 members (excludes halogenated alkanes) is 15. The minimum Gasteiger partial charge on any atom is -0.394 e. The standard InChI is InChI=1S/C46H81NO13/c1-3-5-7-9-11-13-14-15-16-17-18-19-20-22-24-26-28-30-38(51)47-34(35(50)29-27-25-23-21-12-10-8-6-4-2)33-57-45-43(56)41(54)44(37(32-49)59-45)60-46-42(55)40(53)39(52)36(31-48)58-46/h4,6,12,15-16,21,27,29,34-37,39-46,48-50,52-56H,3,5,7-11,13-14,17-20,22-26,28,30-33H2,1-2H3,(H,47,51)/b6-4+,16-15-,21-12+,29-27+. The summed E-state index contributed by atoms with van der Waals surface area (Å²) in [7, 11) is 0. The van der Waals surface area contributed by atoms with Gasteiger partial charge in [-0.15, -0.1) is 0 Å². The Morgan fingerprint density at radius 2 is 1.13 bits per heavy atom. The number of carbonyl (C=O) groups is 1. The van der Waals surface area contributed by atoms with Crippen LogP contribution in [-0.2, 0) is 23.7 Å². The first-order chi connectivity index (χ1) is 29.1. The van der Waals surface area contributed by atoms with Crippen molar-refractivity contribution in [3.05, 3.63) is 48.6 Å². The summed E-state index contributed by atoms with van der Waals surface area (Å²) in [5, 5.41) is 86.3. The summed E-state index contributed by atoms with van der Waals surface area (Å²) in [6.45, 7) is 2.48. The van der Waals surface area contributed by atoms with Gasteiger partial charge in [-0.2, -0.15) is 0 Å². The summed E-state index contributed by atoms with van der Waals surface area (Å²) >= 11 is 0. The summed E-state index contributed by atoms with van der Waals surface area (Å²) in [5.74, 6) is -0.265. The van der Waals surface area contributed by atoms with Gasteiger partial charge >= 0.3 is 0 Å². The van der Waals surface area contributed by atoms with E-state index in [1.807, 2.05) is 19.1 Å². The maximum Gasteiger partial charge on any atom is 0.220 e. The Labute approximate surface area is 359 Å². The van der Waals surface area contributed by atoms with Gasteiger partial charge in [0.1, 0.15) is 48.8 Å². The first kappa shape index (κ1) is 54.1. The number of allylic oxidation sites excluding steroid dienone is 7. The maximum atomic E-state index is 13.1. The van der Waals surface area contributed by atoms with E-state index in [4.69, 9.17) is 18.9 Å². The zero-order chi connectivity index (χ0) is 44.0. The van der Waals surface area contributed by atoms with E-state index in [0.29, 0.717) is 12.8 Å². The van der Waals surface area contributed by atoms with Crippen molar-refractivity contribution in [2.45, 2.75) is 216 Å². The van der Waals surface area contributed by atoms with Gasteiger partial charge in [0.25, 0.3) is 0 Å². The molecule has 0 aromatic carbocycles. The highest BCUT2D eigenvalue weighted by Gasteiger charge is 2.50. The average Bonchev–Trinajstić information content (AvgIpc) is 3.24. The van der Waals surface area contributed by atoms with Crippen LogP contribution >= 0.6 is 0 Å². The Bertz CT molecular complexity index is 1200. The molecule has 2 heterocycles. The summed E-state index contributed by atoms with van der Waals surface area (Å²) in [4.78, 5) is 13.1. The second kappa shape index (κ2) is 33.5. The van der Waals surface area contributed by atoms with Crippen molar-refractivity contribution in [1.29, 1.82) is 0 Å². The van der Waals surface area contributed by atoms with Gasteiger partial charge in [-0.05, 0) is 64.7 Å². The number of rotatable bonds is 33. The zero-order valence-corrected chi connectivity index (χ0v) is 36.4. The largest absolute Gasteiger partial charge is 0.394 e. The van der Waals surface area contributed by atoms with E-state index < -0.39 is 86.8 Å². The average molecular weight is 856 g/mol. The third-order valence-corrected chi connectivity index (χ3v) is 11.1. The van der Waals surface area contributed by atoms with Crippen LogP contribution in [0.1, 0.15) is 142 Å². The highest BCUT2D eigenvalue weighted by molar-refractivity contribution is 5.76. The Morgan fingerprint density at radius 3 is 1.73 bits per heavy atom. The molecule has 9 N–H and O–H groups in total. The number of hydrogen-bond donors (Lipinski definition) is 9. The van der Waals surface area contributed by atoms with E-state index in [2.05, 4.69) is 42.6 Å². The van der Waals surface area contributed by atoms with Gasteiger partial charge in [0.05, 0.1) is 32.0 Å². The summed E-state index contributed by atoms with van der Waals surface area (Å²) in [5.41, 5.74) is 0. The number of carbonyl (C=O) groups excluding carboxylic acids is 1. The SMILES string of the molecule is C/C=C/CC/C=C/CC/C=C/C(O)C(COC1OC(CO)C(OC2OC(CO)C(O)C(O)C2O)C(O)C1O)NC(=O)CCCCCCCCC/C=C\CCCCCCCC. The molecule has 60 heavy (non-hydrogen) atoms. The molecule has 0 aliphatic carbocycles. The first-order valence-corrected chi connectivity index (χ1v) is 22.8. The molecule has 0 bridgehead atoms. The molecule has 2 aliphatic rings. The molecule has 2 fully saturated rings. The molecule has 1 amide bonds. The third-order valence-electron chi connectivity index (χ3n) is 11.1. The Hall–Kier alpha value is -2.05. The fourth-order valence-corrected chi connectivity index (χ4v) is 7.26. The molecule has 12 unspecified atom stereocenters. The number of nitrogens with one attached hydrogen (secondary N) is 1. The minimum atomic E-state index is -1.79. The number of ether oxygens (including phenoxy) is 4. The molecular weight excluding hydrogens is 774 g/mol. The summed E-state index contributed by atoms with van der Waals surface area (Å²) in [6, 6.07) is -0.937. The fourth-order valence-electron chi connectivity index (χ4n) is 7.26. The molecule has 0 spiro atoms. The van der Waals surface area contributed by atoms with E-state index in [0.717, 1.165) is 44.9 Å². The van der Waals surface area contributed by atoms with Crippen LogP contribution in [-0.4, -0.2) is 140 Å². The molecule has 0 radical (unpaired) electrons. The lowest BCUT2D eigenvalue weighted by Gasteiger charge is -2.46. The fraction of sp³-hybridized carbons (Fsp3) is 0.804. The molecule has 14 heteroatoms. The van der Waals surface area contributed by atoms with Crippen molar-refractivity contribution >= 4 is 5.91 Å². The van der Waals surface area contributed by atoms with E-state index in [-0.39, 0.29) is 18.9 Å². The predicted molar refractivity (Wildman–Crippen MR) is 231 cm³/mol. The van der Waals surface area contributed by atoms with E-state index in [1.165, 1.54) is 64.2 Å². The van der Waals surface area contributed by atoms with Crippen LogP contribution in [0.4, 0.5) is 0 Å². The van der Waals surface area contributed by atoms with Crippen molar-refractivity contribution in [2.75, 3.05) is 19.8 Å².